The standard InChI is InChI=1S/C21H24N2O4/c1-25-17-7-4-15(5-8-17)18(23-10-2-3-11-23)13-22-21(24)16-6-9-19-20(12-16)27-14-26-19/h4-9,12,18H,2-3,10-11,13-14H2,1H3,(H,22,24)/t18-/m1/s1. The number of benzene rings is 2. The van der Waals surface area contributed by atoms with Crippen LogP contribution in [0.3, 0.4) is 0 Å². The molecule has 2 aromatic carbocycles. The van der Waals surface area contributed by atoms with E-state index in [-0.39, 0.29) is 18.7 Å². The summed E-state index contributed by atoms with van der Waals surface area (Å²) < 4.78 is 15.9. The molecule has 0 radical (unpaired) electrons. The summed E-state index contributed by atoms with van der Waals surface area (Å²) in [6, 6.07) is 13.5. The number of hydrogen-bond acceptors (Lipinski definition) is 5. The Balaban J connectivity index is 1.47. The number of rotatable bonds is 6. The summed E-state index contributed by atoms with van der Waals surface area (Å²) in [6.45, 7) is 2.86. The number of nitrogens with zero attached hydrogens (tertiary/aromatic N) is 1. The van der Waals surface area contributed by atoms with Crippen molar-refractivity contribution in [2.24, 2.45) is 0 Å². The van der Waals surface area contributed by atoms with Gasteiger partial charge in [0.2, 0.25) is 6.79 Å². The molecular weight excluding hydrogens is 344 g/mol. The van der Waals surface area contributed by atoms with E-state index < -0.39 is 0 Å². The van der Waals surface area contributed by atoms with Crippen molar-refractivity contribution in [3.63, 3.8) is 0 Å². The van der Waals surface area contributed by atoms with Crippen LogP contribution in [-0.4, -0.2) is 44.3 Å². The van der Waals surface area contributed by atoms with Gasteiger partial charge in [0, 0.05) is 12.1 Å². The number of methoxy groups -OCH3 is 1. The van der Waals surface area contributed by atoms with Gasteiger partial charge in [-0.25, -0.2) is 0 Å². The molecule has 4 rings (SSSR count). The van der Waals surface area contributed by atoms with Gasteiger partial charge >= 0.3 is 0 Å². The molecule has 6 nitrogen and oxygen atoms in total. The highest BCUT2D eigenvalue weighted by Gasteiger charge is 2.24. The number of fused-ring (bicyclic) bond motifs is 1. The molecule has 1 amide bonds. The summed E-state index contributed by atoms with van der Waals surface area (Å²) >= 11 is 0. The monoisotopic (exact) mass is 368 g/mol. The third-order valence-corrected chi connectivity index (χ3v) is 5.17. The van der Waals surface area contributed by atoms with Crippen molar-refractivity contribution < 1.29 is 19.0 Å². The zero-order valence-electron chi connectivity index (χ0n) is 15.4. The zero-order chi connectivity index (χ0) is 18.6. The van der Waals surface area contributed by atoms with Crippen LogP contribution < -0.4 is 19.5 Å². The second kappa shape index (κ2) is 7.88. The molecule has 1 atom stereocenters. The Kier molecular flexibility index (Phi) is 5.16. The summed E-state index contributed by atoms with van der Waals surface area (Å²) in [5.74, 6) is 2.03. The van der Waals surface area contributed by atoms with Crippen LogP contribution in [0.5, 0.6) is 17.2 Å². The van der Waals surface area contributed by atoms with Crippen LogP contribution in [0.4, 0.5) is 0 Å². The van der Waals surface area contributed by atoms with Crippen LogP contribution in [0.2, 0.25) is 0 Å². The van der Waals surface area contributed by atoms with Gasteiger partial charge in [0.1, 0.15) is 5.75 Å². The molecule has 2 heterocycles. The second-order valence-corrected chi connectivity index (χ2v) is 6.81. The van der Waals surface area contributed by atoms with E-state index in [2.05, 4.69) is 22.3 Å². The van der Waals surface area contributed by atoms with E-state index in [0.717, 1.165) is 18.8 Å². The Labute approximate surface area is 159 Å². The van der Waals surface area contributed by atoms with Gasteiger partial charge in [-0.2, -0.15) is 0 Å². The maximum absolute atomic E-state index is 12.6. The van der Waals surface area contributed by atoms with Crippen molar-refractivity contribution in [3.8, 4) is 17.2 Å². The van der Waals surface area contributed by atoms with Gasteiger partial charge < -0.3 is 19.5 Å². The van der Waals surface area contributed by atoms with Crippen molar-refractivity contribution in [2.45, 2.75) is 18.9 Å². The number of likely N-dealkylation sites (tertiary alicyclic amines) is 1. The first kappa shape index (κ1) is 17.7. The van der Waals surface area contributed by atoms with Gasteiger partial charge in [-0.1, -0.05) is 12.1 Å². The van der Waals surface area contributed by atoms with E-state index in [9.17, 15) is 4.79 Å². The molecule has 0 bridgehead atoms. The second-order valence-electron chi connectivity index (χ2n) is 6.81. The molecule has 0 aromatic heterocycles. The average molecular weight is 368 g/mol. The smallest absolute Gasteiger partial charge is 0.251 e. The van der Waals surface area contributed by atoms with E-state index in [1.807, 2.05) is 12.1 Å². The van der Waals surface area contributed by atoms with Crippen LogP contribution in [-0.2, 0) is 0 Å². The molecule has 142 valence electrons. The molecule has 2 aliphatic heterocycles. The number of carbonyl (C=O) groups is 1. The van der Waals surface area contributed by atoms with Crippen molar-refractivity contribution in [3.05, 3.63) is 53.6 Å². The maximum Gasteiger partial charge on any atom is 0.251 e. The van der Waals surface area contributed by atoms with Gasteiger partial charge in [-0.05, 0) is 61.8 Å². The quantitative estimate of drug-likeness (QED) is 0.849. The Bertz CT molecular complexity index is 800. The van der Waals surface area contributed by atoms with Gasteiger partial charge in [-0.15, -0.1) is 0 Å². The molecule has 2 aromatic rings. The van der Waals surface area contributed by atoms with Crippen LogP contribution in [0.15, 0.2) is 42.5 Å². The molecular formula is C21H24N2O4. The third-order valence-electron chi connectivity index (χ3n) is 5.17. The van der Waals surface area contributed by atoms with Crippen molar-refractivity contribution in [1.29, 1.82) is 0 Å². The highest BCUT2D eigenvalue weighted by atomic mass is 16.7. The first-order valence-electron chi connectivity index (χ1n) is 9.30. The summed E-state index contributed by atoms with van der Waals surface area (Å²) in [7, 11) is 1.67. The van der Waals surface area contributed by atoms with Gasteiger partial charge in [0.25, 0.3) is 5.91 Å². The van der Waals surface area contributed by atoms with Crippen LogP contribution >= 0.6 is 0 Å². The maximum atomic E-state index is 12.6. The third kappa shape index (κ3) is 3.85. The Morgan fingerprint density at radius 2 is 1.85 bits per heavy atom. The minimum Gasteiger partial charge on any atom is -0.497 e. The number of carbonyl (C=O) groups excluding carboxylic acids is 1. The lowest BCUT2D eigenvalue weighted by Gasteiger charge is -2.28. The molecule has 0 spiro atoms. The normalized spacial score (nSPS) is 16.9. The predicted molar refractivity (Wildman–Crippen MR) is 101 cm³/mol. The summed E-state index contributed by atoms with van der Waals surface area (Å²) in [5, 5.41) is 3.09. The van der Waals surface area contributed by atoms with Crippen molar-refractivity contribution in [2.75, 3.05) is 33.5 Å². The molecule has 0 aliphatic carbocycles. The number of nitrogens with one attached hydrogen (secondary N) is 1. The molecule has 1 N–H and O–H groups in total. The van der Waals surface area contributed by atoms with E-state index >= 15 is 0 Å². The van der Waals surface area contributed by atoms with Crippen LogP contribution in [0.1, 0.15) is 34.8 Å². The minimum absolute atomic E-state index is 0.106. The first-order valence-corrected chi connectivity index (χ1v) is 9.30. The van der Waals surface area contributed by atoms with E-state index in [1.165, 1.54) is 18.4 Å². The number of amides is 1. The van der Waals surface area contributed by atoms with E-state index in [4.69, 9.17) is 14.2 Å². The van der Waals surface area contributed by atoms with Gasteiger partial charge in [0.05, 0.1) is 13.2 Å². The Morgan fingerprint density at radius 3 is 2.59 bits per heavy atom. The Hall–Kier alpha value is -2.73. The van der Waals surface area contributed by atoms with Crippen LogP contribution in [0, 0.1) is 0 Å². The predicted octanol–water partition coefficient (Wildman–Crippen LogP) is 2.99. The molecule has 0 saturated carbocycles. The first-order chi connectivity index (χ1) is 13.2. The summed E-state index contributed by atoms with van der Waals surface area (Å²) in [5.41, 5.74) is 1.76. The lowest BCUT2D eigenvalue weighted by atomic mass is 10.0. The molecule has 27 heavy (non-hydrogen) atoms. The fourth-order valence-corrected chi connectivity index (χ4v) is 3.67. The SMILES string of the molecule is COc1ccc([C@@H](CNC(=O)c2ccc3c(c2)OCO3)N2CCCC2)cc1. The average Bonchev–Trinajstić information content (AvgIpc) is 3.40. The number of ether oxygens (including phenoxy) is 3. The minimum atomic E-state index is -0.106. The largest absolute Gasteiger partial charge is 0.497 e. The topological polar surface area (TPSA) is 60.0 Å². The van der Waals surface area contributed by atoms with Crippen molar-refractivity contribution >= 4 is 5.91 Å². The van der Waals surface area contributed by atoms with Gasteiger partial charge in [0.15, 0.2) is 11.5 Å². The highest BCUT2D eigenvalue weighted by Crippen LogP contribution is 2.32. The number of hydrogen-bond donors (Lipinski definition) is 1. The lowest BCUT2D eigenvalue weighted by Crippen LogP contribution is -2.36. The van der Waals surface area contributed by atoms with Crippen LogP contribution in [0.25, 0.3) is 0 Å². The molecule has 6 heteroatoms. The summed E-state index contributed by atoms with van der Waals surface area (Å²) in [4.78, 5) is 15.1. The molecule has 1 saturated heterocycles. The molecule has 1 fully saturated rings. The zero-order valence-corrected chi connectivity index (χ0v) is 15.4. The Morgan fingerprint density at radius 1 is 1.11 bits per heavy atom. The molecule has 0 unspecified atom stereocenters. The highest BCUT2D eigenvalue weighted by molar-refractivity contribution is 5.95. The molecule has 2 aliphatic rings. The van der Waals surface area contributed by atoms with E-state index in [0.29, 0.717) is 23.6 Å². The summed E-state index contributed by atoms with van der Waals surface area (Å²) in [6.07, 6.45) is 2.39. The fourth-order valence-electron chi connectivity index (χ4n) is 3.67. The lowest BCUT2D eigenvalue weighted by molar-refractivity contribution is 0.0937. The van der Waals surface area contributed by atoms with E-state index in [1.54, 1.807) is 25.3 Å². The fraction of sp³-hybridized carbons (Fsp3) is 0.381. The van der Waals surface area contributed by atoms with Crippen molar-refractivity contribution in [1.82, 2.24) is 10.2 Å². The van der Waals surface area contributed by atoms with Gasteiger partial charge in [-0.3, -0.25) is 9.69 Å².